The molecular formula is C37H44BrN3O6Si. The van der Waals surface area contributed by atoms with Gasteiger partial charge in [-0.1, -0.05) is 65.3 Å². The SMILES string of the molecule is C[C@H]1[C@H]([Si](C)(C)O)[C@@H](CC(=O)N(CCO)Cc2ccccc2)O[C@]12C(=O)N(Cc1cccc(N3CCCCC3=O)c1)c1ccc(Br)cc12. The summed E-state index contributed by atoms with van der Waals surface area (Å²) in [4.78, 5) is 58.3. The molecule has 2 fully saturated rings. The Balaban J connectivity index is 1.33. The lowest BCUT2D eigenvalue weighted by Crippen LogP contribution is -2.46. The third kappa shape index (κ3) is 6.50. The van der Waals surface area contributed by atoms with Crippen molar-refractivity contribution >= 4 is 53.3 Å². The van der Waals surface area contributed by atoms with Gasteiger partial charge in [0.05, 0.1) is 31.4 Å². The number of carbonyl (C=O) groups is 3. The van der Waals surface area contributed by atoms with E-state index in [1.165, 1.54) is 0 Å². The number of hydrogen-bond acceptors (Lipinski definition) is 6. The zero-order valence-electron chi connectivity index (χ0n) is 27.8. The van der Waals surface area contributed by atoms with Crippen LogP contribution in [0.15, 0.2) is 77.3 Å². The lowest BCUT2D eigenvalue weighted by atomic mass is 9.82. The van der Waals surface area contributed by atoms with Crippen molar-refractivity contribution in [1.82, 2.24) is 4.90 Å². The van der Waals surface area contributed by atoms with Gasteiger partial charge in [0.15, 0.2) is 13.9 Å². The van der Waals surface area contributed by atoms with E-state index in [9.17, 15) is 24.3 Å². The standard InChI is InChI=1S/C37H44BrN3O6Si/c1-25-35(48(2,3)46)32(22-34(44)39(18-19-42)23-26-10-5-4-6-11-26)47-37(25)30-21-28(38)15-16-31(30)41(36(37)45)24-27-12-9-13-29(20-27)40-17-8-7-14-33(40)43/h4-6,9-13,15-16,20-21,25,32,35,42,46H,7-8,14,17-19,22-24H2,1-3H3/t25-,32+,35-,37+/m0/s1. The molecule has 1 spiro atoms. The monoisotopic (exact) mass is 733 g/mol. The molecule has 2 N–H and O–H groups in total. The number of aliphatic hydroxyl groups is 1. The number of benzene rings is 3. The van der Waals surface area contributed by atoms with Gasteiger partial charge in [-0.25, -0.2) is 0 Å². The van der Waals surface area contributed by atoms with E-state index in [-0.39, 0.29) is 43.8 Å². The molecule has 0 bridgehead atoms. The van der Waals surface area contributed by atoms with Crippen molar-refractivity contribution in [2.75, 3.05) is 29.5 Å². The fourth-order valence-electron chi connectivity index (χ4n) is 8.01. The molecule has 4 atom stereocenters. The highest BCUT2D eigenvalue weighted by Gasteiger charge is 2.66. The van der Waals surface area contributed by atoms with Crippen molar-refractivity contribution < 1.29 is 29.0 Å². The zero-order valence-corrected chi connectivity index (χ0v) is 30.4. The zero-order chi connectivity index (χ0) is 34.2. The van der Waals surface area contributed by atoms with E-state index < -0.39 is 31.5 Å². The second kappa shape index (κ2) is 13.9. The molecule has 3 aliphatic rings. The lowest BCUT2D eigenvalue weighted by Gasteiger charge is -2.32. The molecule has 2 saturated heterocycles. The van der Waals surface area contributed by atoms with Gasteiger partial charge in [-0.15, -0.1) is 0 Å². The Morgan fingerprint density at radius 1 is 1.04 bits per heavy atom. The fourth-order valence-corrected chi connectivity index (χ4v) is 10.9. The molecule has 48 heavy (non-hydrogen) atoms. The first-order valence-electron chi connectivity index (χ1n) is 16.8. The van der Waals surface area contributed by atoms with Crippen LogP contribution < -0.4 is 9.80 Å². The summed E-state index contributed by atoms with van der Waals surface area (Å²) in [6.45, 7) is 6.92. The maximum atomic E-state index is 14.9. The van der Waals surface area contributed by atoms with Crippen LogP contribution in [-0.2, 0) is 37.8 Å². The Bertz CT molecular complexity index is 1680. The normalized spacial score (nSPS) is 24.0. The van der Waals surface area contributed by atoms with Crippen LogP contribution in [0.2, 0.25) is 18.6 Å². The Labute approximate surface area is 291 Å². The molecule has 3 aromatic carbocycles. The van der Waals surface area contributed by atoms with Crippen molar-refractivity contribution in [3.05, 3.63) is 94.0 Å². The average molecular weight is 735 g/mol. The van der Waals surface area contributed by atoms with Crippen molar-refractivity contribution in [3.63, 3.8) is 0 Å². The molecule has 254 valence electrons. The topological polar surface area (TPSA) is 111 Å². The van der Waals surface area contributed by atoms with Gasteiger partial charge in [0, 0.05) is 53.2 Å². The van der Waals surface area contributed by atoms with E-state index in [4.69, 9.17) is 4.74 Å². The van der Waals surface area contributed by atoms with Crippen molar-refractivity contribution in [1.29, 1.82) is 0 Å². The smallest absolute Gasteiger partial charge is 0.264 e. The van der Waals surface area contributed by atoms with Gasteiger partial charge in [0.2, 0.25) is 11.8 Å². The largest absolute Gasteiger partial charge is 0.432 e. The highest BCUT2D eigenvalue weighted by molar-refractivity contribution is 9.10. The molecule has 3 aromatic rings. The number of fused-ring (bicyclic) bond motifs is 2. The Kier molecular flexibility index (Phi) is 9.97. The van der Waals surface area contributed by atoms with Crippen LogP contribution in [0.5, 0.6) is 0 Å². The van der Waals surface area contributed by atoms with E-state index in [0.717, 1.165) is 39.8 Å². The minimum atomic E-state index is -3.00. The van der Waals surface area contributed by atoms with Crippen LogP contribution >= 0.6 is 15.9 Å². The summed E-state index contributed by atoms with van der Waals surface area (Å²) in [7, 11) is -3.00. The second-order valence-corrected chi connectivity index (χ2v) is 18.7. The predicted molar refractivity (Wildman–Crippen MR) is 191 cm³/mol. The molecule has 3 amide bonds. The molecule has 0 unspecified atom stereocenters. The molecule has 3 heterocycles. The molecule has 0 aliphatic carbocycles. The number of ether oxygens (including phenoxy) is 1. The van der Waals surface area contributed by atoms with Gasteiger partial charge in [-0.05, 0) is 67.4 Å². The third-order valence-corrected chi connectivity index (χ3v) is 13.1. The minimum absolute atomic E-state index is 0.0247. The second-order valence-electron chi connectivity index (χ2n) is 13.8. The van der Waals surface area contributed by atoms with E-state index in [2.05, 4.69) is 15.9 Å². The summed E-state index contributed by atoms with van der Waals surface area (Å²) in [5.74, 6) is -0.740. The molecule has 0 radical (unpaired) electrons. The van der Waals surface area contributed by atoms with Crippen molar-refractivity contribution in [2.45, 2.75) is 76.0 Å². The predicted octanol–water partition coefficient (Wildman–Crippen LogP) is 5.72. The van der Waals surface area contributed by atoms with Gasteiger partial charge in [0.25, 0.3) is 5.91 Å². The van der Waals surface area contributed by atoms with Crippen molar-refractivity contribution in [2.24, 2.45) is 5.92 Å². The molecule has 11 heteroatoms. The van der Waals surface area contributed by atoms with Crippen LogP contribution in [-0.4, -0.2) is 66.6 Å². The third-order valence-electron chi connectivity index (χ3n) is 10.1. The van der Waals surface area contributed by atoms with Gasteiger partial charge < -0.3 is 29.3 Å². The number of piperidine rings is 1. The van der Waals surface area contributed by atoms with E-state index in [1.807, 2.05) is 97.7 Å². The molecule has 3 aliphatic heterocycles. The minimum Gasteiger partial charge on any atom is -0.432 e. The number of hydrogen-bond donors (Lipinski definition) is 2. The summed E-state index contributed by atoms with van der Waals surface area (Å²) < 4.78 is 7.70. The number of amides is 3. The molecule has 9 nitrogen and oxygen atoms in total. The van der Waals surface area contributed by atoms with Gasteiger partial charge >= 0.3 is 0 Å². The Morgan fingerprint density at radius 2 is 1.79 bits per heavy atom. The average Bonchev–Trinajstić information content (AvgIpc) is 3.47. The van der Waals surface area contributed by atoms with Crippen molar-refractivity contribution in [3.8, 4) is 0 Å². The van der Waals surface area contributed by atoms with Crippen LogP contribution in [0.3, 0.4) is 0 Å². The molecular weight excluding hydrogens is 690 g/mol. The summed E-state index contributed by atoms with van der Waals surface area (Å²) >= 11 is 3.61. The highest BCUT2D eigenvalue weighted by Crippen LogP contribution is 2.60. The number of anilines is 2. The Hall–Kier alpha value is -3.35. The van der Waals surface area contributed by atoms with Crippen LogP contribution in [0, 0.1) is 5.92 Å². The first-order chi connectivity index (χ1) is 22.9. The number of halogens is 1. The molecule has 0 aromatic heterocycles. The van der Waals surface area contributed by atoms with Crippen LogP contribution in [0.25, 0.3) is 0 Å². The quantitative estimate of drug-likeness (QED) is 0.258. The number of carbonyl (C=O) groups excluding carboxylic acids is 3. The molecule has 0 saturated carbocycles. The molecule has 6 rings (SSSR count). The summed E-state index contributed by atoms with van der Waals surface area (Å²) in [6, 6.07) is 23.2. The summed E-state index contributed by atoms with van der Waals surface area (Å²) in [5, 5.41) is 9.81. The maximum Gasteiger partial charge on any atom is 0.264 e. The number of rotatable bonds is 10. The summed E-state index contributed by atoms with van der Waals surface area (Å²) in [5.41, 5.74) is 2.28. The van der Waals surface area contributed by atoms with Crippen LogP contribution in [0.4, 0.5) is 11.4 Å². The van der Waals surface area contributed by atoms with Gasteiger partial charge in [0.1, 0.15) is 0 Å². The first-order valence-corrected chi connectivity index (χ1v) is 20.6. The maximum absolute atomic E-state index is 14.9. The number of nitrogens with zero attached hydrogens (tertiary/aromatic N) is 3. The van der Waals surface area contributed by atoms with Gasteiger partial charge in [-0.3, -0.25) is 14.4 Å². The van der Waals surface area contributed by atoms with E-state index in [0.29, 0.717) is 25.1 Å². The first kappa shape index (κ1) is 34.5. The highest BCUT2D eigenvalue weighted by atomic mass is 79.9. The van der Waals surface area contributed by atoms with E-state index in [1.54, 1.807) is 9.80 Å². The van der Waals surface area contributed by atoms with E-state index >= 15 is 0 Å². The van der Waals surface area contributed by atoms with Gasteiger partial charge in [-0.2, -0.15) is 0 Å². The Morgan fingerprint density at radius 3 is 2.50 bits per heavy atom. The summed E-state index contributed by atoms with van der Waals surface area (Å²) in [6.07, 6.45) is 1.66. The fraction of sp³-hybridized carbons (Fsp3) is 0.432. The lowest BCUT2D eigenvalue weighted by molar-refractivity contribution is -0.150. The van der Waals surface area contributed by atoms with Crippen LogP contribution in [0.1, 0.15) is 49.3 Å². The number of aliphatic hydroxyl groups excluding tert-OH is 1.